The third-order valence-corrected chi connectivity index (χ3v) is 5.86. The Morgan fingerprint density at radius 2 is 1.91 bits per heavy atom. The summed E-state index contributed by atoms with van der Waals surface area (Å²) in [7, 11) is 5.33. The van der Waals surface area contributed by atoms with Crippen LogP contribution < -0.4 is 14.4 Å². The van der Waals surface area contributed by atoms with E-state index < -0.39 is 0 Å². The highest BCUT2D eigenvalue weighted by Crippen LogP contribution is 2.32. The summed E-state index contributed by atoms with van der Waals surface area (Å²) in [5.74, 6) is 1.37. The third-order valence-electron chi connectivity index (χ3n) is 4.95. The lowest BCUT2D eigenvalue weighted by molar-refractivity contribution is -0.384. The molecule has 0 aliphatic carbocycles. The van der Waals surface area contributed by atoms with E-state index in [9.17, 15) is 10.1 Å². The highest BCUT2D eigenvalue weighted by molar-refractivity contribution is 7.14. The van der Waals surface area contributed by atoms with Crippen molar-refractivity contribution in [1.82, 2.24) is 9.88 Å². The fourth-order valence-electron chi connectivity index (χ4n) is 3.44. The number of non-ortho nitro benzene ring substituents is 1. The zero-order valence-corrected chi connectivity index (χ0v) is 19.6. The van der Waals surface area contributed by atoms with Crippen LogP contribution in [0, 0.1) is 10.1 Å². The van der Waals surface area contributed by atoms with Crippen LogP contribution in [0.1, 0.15) is 18.9 Å². The molecule has 0 saturated heterocycles. The van der Waals surface area contributed by atoms with Crippen LogP contribution in [-0.2, 0) is 6.54 Å². The Morgan fingerprint density at radius 1 is 1.12 bits per heavy atom. The Hall–Kier alpha value is -3.17. The average molecular weight is 457 g/mol. The number of nitro benzene ring substituents is 1. The molecule has 0 fully saturated rings. The van der Waals surface area contributed by atoms with Crippen LogP contribution in [0.4, 0.5) is 10.8 Å². The second-order valence-corrected chi connectivity index (χ2v) is 8.27. The lowest BCUT2D eigenvalue weighted by Gasteiger charge is -2.28. The first-order chi connectivity index (χ1) is 15.4. The van der Waals surface area contributed by atoms with Gasteiger partial charge >= 0.3 is 0 Å². The van der Waals surface area contributed by atoms with E-state index in [1.165, 1.54) is 17.4 Å². The highest BCUT2D eigenvalue weighted by Gasteiger charge is 2.17. The Labute approximate surface area is 192 Å². The molecule has 0 radical (unpaired) electrons. The van der Waals surface area contributed by atoms with Crippen molar-refractivity contribution in [3.8, 4) is 22.8 Å². The van der Waals surface area contributed by atoms with Gasteiger partial charge in [-0.2, -0.15) is 0 Å². The summed E-state index contributed by atoms with van der Waals surface area (Å²) in [4.78, 5) is 20.0. The van der Waals surface area contributed by atoms with Gasteiger partial charge in [-0.15, -0.1) is 11.3 Å². The quantitative estimate of drug-likeness (QED) is 0.227. The van der Waals surface area contributed by atoms with Crippen LogP contribution in [0.15, 0.2) is 47.8 Å². The lowest BCUT2D eigenvalue weighted by atomic mass is 10.1. The van der Waals surface area contributed by atoms with Crippen LogP contribution in [0.5, 0.6) is 11.5 Å². The maximum Gasteiger partial charge on any atom is 0.270 e. The van der Waals surface area contributed by atoms with Crippen molar-refractivity contribution in [2.24, 2.45) is 0 Å². The Bertz CT molecular complexity index is 1060. The van der Waals surface area contributed by atoms with Gasteiger partial charge in [0, 0.05) is 29.6 Å². The normalized spacial score (nSPS) is 10.9. The Morgan fingerprint density at radius 3 is 2.59 bits per heavy atom. The summed E-state index contributed by atoms with van der Waals surface area (Å²) < 4.78 is 10.8. The molecule has 9 heteroatoms. The third kappa shape index (κ3) is 5.74. The van der Waals surface area contributed by atoms with Gasteiger partial charge in [-0.25, -0.2) is 4.98 Å². The zero-order valence-electron chi connectivity index (χ0n) is 18.8. The van der Waals surface area contributed by atoms with E-state index in [-0.39, 0.29) is 10.6 Å². The molecule has 0 saturated carbocycles. The first-order valence-electron chi connectivity index (χ1n) is 10.3. The fraction of sp³-hybridized carbons (Fsp3) is 0.348. The topological polar surface area (TPSA) is 81.0 Å². The van der Waals surface area contributed by atoms with Crippen molar-refractivity contribution in [3.05, 3.63) is 63.5 Å². The van der Waals surface area contributed by atoms with Crippen molar-refractivity contribution < 1.29 is 14.4 Å². The van der Waals surface area contributed by atoms with Gasteiger partial charge in [-0.05, 0) is 37.7 Å². The van der Waals surface area contributed by atoms with Crippen LogP contribution in [0.25, 0.3) is 11.3 Å². The number of ether oxygens (including phenoxy) is 2. The second-order valence-electron chi connectivity index (χ2n) is 7.43. The summed E-state index contributed by atoms with van der Waals surface area (Å²) in [6.07, 6.45) is 1.05. The Kier molecular flexibility index (Phi) is 8.02. The molecule has 0 amide bonds. The molecule has 0 bridgehead atoms. The summed E-state index contributed by atoms with van der Waals surface area (Å²) in [5, 5.41) is 13.9. The van der Waals surface area contributed by atoms with Crippen molar-refractivity contribution in [3.63, 3.8) is 0 Å². The number of nitrogens with zero attached hydrogens (tertiary/aromatic N) is 4. The molecule has 0 aliphatic rings. The number of methoxy groups -OCH3 is 2. The minimum absolute atomic E-state index is 0.0573. The molecule has 1 aromatic heterocycles. The molecular formula is C23H28N4O4S. The molecule has 1 heterocycles. The van der Waals surface area contributed by atoms with Gasteiger partial charge < -0.3 is 14.4 Å². The molecule has 170 valence electrons. The number of rotatable bonds is 11. The fourth-order valence-corrected chi connectivity index (χ4v) is 4.27. The van der Waals surface area contributed by atoms with Crippen molar-refractivity contribution in [2.45, 2.75) is 19.9 Å². The molecular weight excluding hydrogens is 428 g/mol. The number of hydrogen-bond acceptors (Lipinski definition) is 8. The standard InChI is InChI=1S/C23H28N4O4S/c1-5-11-25(2)16-26(14-17-9-10-21(30-3)22(12-17)31-4)23-24-20(15-32-23)18-7-6-8-19(13-18)27(28)29/h6-10,12-13,15H,5,11,14,16H2,1-4H3. The lowest BCUT2D eigenvalue weighted by Crippen LogP contribution is -2.35. The van der Waals surface area contributed by atoms with Gasteiger partial charge in [-0.3, -0.25) is 15.0 Å². The second kappa shape index (κ2) is 10.9. The molecule has 3 rings (SSSR count). The van der Waals surface area contributed by atoms with Crippen molar-refractivity contribution in [2.75, 3.05) is 39.4 Å². The number of benzene rings is 2. The van der Waals surface area contributed by atoms with Crippen molar-refractivity contribution in [1.29, 1.82) is 0 Å². The largest absolute Gasteiger partial charge is 0.493 e. The monoisotopic (exact) mass is 456 g/mol. The number of hydrogen-bond donors (Lipinski definition) is 0. The van der Waals surface area contributed by atoms with Gasteiger partial charge in [-0.1, -0.05) is 25.1 Å². The molecule has 0 N–H and O–H groups in total. The average Bonchev–Trinajstić information content (AvgIpc) is 3.29. The van der Waals surface area contributed by atoms with E-state index in [2.05, 4.69) is 23.8 Å². The van der Waals surface area contributed by atoms with Gasteiger partial charge in [0.1, 0.15) is 0 Å². The zero-order chi connectivity index (χ0) is 23.1. The molecule has 0 aliphatic heterocycles. The predicted molar refractivity (Wildman–Crippen MR) is 128 cm³/mol. The van der Waals surface area contributed by atoms with Gasteiger partial charge in [0.2, 0.25) is 0 Å². The minimum atomic E-state index is -0.389. The van der Waals surface area contributed by atoms with E-state index in [4.69, 9.17) is 14.5 Å². The van der Waals surface area contributed by atoms with E-state index >= 15 is 0 Å². The van der Waals surface area contributed by atoms with E-state index in [0.29, 0.717) is 24.7 Å². The minimum Gasteiger partial charge on any atom is -0.493 e. The van der Waals surface area contributed by atoms with Gasteiger partial charge in [0.05, 0.1) is 31.5 Å². The molecule has 0 unspecified atom stereocenters. The Balaban J connectivity index is 1.89. The highest BCUT2D eigenvalue weighted by atomic mass is 32.1. The van der Waals surface area contributed by atoms with E-state index in [0.717, 1.165) is 34.9 Å². The van der Waals surface area contributed by atoms with Crippen LogP contribution in [0.3, 0.4) is 0 Å². The molecule has 0 spiro atoms. The molecule has 2 aromatic carbocycles. The summed E-state index contributed by atoms with van der Waals surface area (Å²) >= 11 is 1.53. The smallest absolute Gasteiger partial charge is 0.270 e. The summed E-state index contributed by atoms with van der Waals surface area (Å²) in [5.41, 5.74) is 2.58. The predicted octanol–water partition coefficient (Wildman–Crippen LogP) is 5.04. The number of anilines is 1. The van der Waals surface area contributed by atoms with E-state index in [1.807, 2.05) is 29.6 Å². The summed E-state index contributed by atoms with van der Waals surface area (Å²) in [6, 6.07) is 12.5. The first-order valence-corrected chi connectivity index (χ1v) is 11.2. The van der Waals surface area contributed by atoms with Crippen molar-refractivity contribution >= 4 is 22.2 Å². The number of thiazole rings is 1. The van der Waals surface area contributed by atoms with Crippen LogP contribution >= 0.6 is 11.3 Å². The SMILES string of the molecule is CCCN(C)CN(Cc1ccc(OC)c(OC)c1)c1nc(-c2cccc([N+](=O)[O-])c2)cs1. The maximum atomic E-state index is 11.1. The number of nitro groups is 1. The first kappa shape index (κ1) is 23.5. The number of aromatic nitrogens is 1. The maximum absolute atomic E-state index is 11.1. The van der Waals surface area contributed by atoms with E-state index in [1.54, 1.807) is 26.4 Å². The molecule has 32 heavy (non-hydrogen) atoms. The van der Waals surface area contributed by atoms with Crippen LogP contribution in [0.2, 0.25) is 0 Å². The summed E-state index contributed by atoms with van der Waals surface area (Å²) in [6.45, 7) is 4.45. The van der Waals surface area contributed by atoms with Crippen LogP contribution in [-0.4, -0.2) is 49.3 Å². The molecule has 0 atom stereocenters. The van der Waals surface area contributed by atoms with Gasteiger partial charge in [0.15, 0.2) is 16.6 Å². The molecule has 8 nitrogen and oxygen atoms in total. The molecule has 3 aromatic rings. The van der Waals surface area contributed by atoms with Gasteiger partial charge in [0.25, 0.3) is 5.69 Å².